The van der Waals surface area contributed by atoms with E-state index in [1.165, 1.54) is 9.47 Å². The van der Waals surface area contributed by atoms with Crippen molar-refractivity contribution in [2.75, 3.05) is 26.2 Å². The van der Waals surface area contributed by atoms with Crippen molar-refractivity contribution in [2.24, 2.45) is 0 Å². The topological polar surface area (TPSA) is 123 Å². The van der Waals surface area contributed by atoms with E-state index in [1.807, 2.05) is 68.4 Å². The van der Waals surface area contributed by atoms with Gasteiger partial charge in [0.25, 0.3) is 0 Å². The van der Waals surface area contributed by atoms with E-state index >= 15 is 0 Å². The molecule has 2 aliphatic rings. The zero-order chi connectivity index (χ0) is 31.2. The molecule has 2 atom stereocenters. The van der Waals surface area contributed by atoms with Crippen LogP contribution in [0.25, 0.3) is 0 Å². The summed E-state index contributed by atoms with van der Waals surface area (Å²) >= 11 is 0. The molecule has 1 N–H and O–H groups in total. The smallest absolute Gasteiger partial charge is 0.347 e. The highest BCUT2D eigenvalue weighted by atomic mass is 16.5. The number of aromatic nitrogens is 2. The zero-order valence-electron chi connectivity index (χ0n) is 25.5. The summed E-state index contributed by atoms with van der Waals surface area (Å²) in [5, 5.41) is 3.05. The largest absolute Gasteiger partial charge is 0.457 e. The molecule has 1 fully saturated rings. The first-order valence-electron chi connectivity index (χ1n) is 15.1. The first kappa shape index (κ1) is 30.9. The van der Waals surface area contributed by atoms with Gasteiger partial charge in [0.1, 0.15) is 11.5 Å². The van der Waals surface area contributed by atoms with Crippen molar-refractivity contribution in [1.82, 2.24) is 24.7 Å². The van der Waals surface area contributed by atoms with Gasteiger partial charge in [-0.3, -0.25) is 19.0 Å². The molecule has 0 spiro atoms. The van der Waals surface area contributed by atoms with Gasteiger partial charge < -0.3 is 24.6 Å². The number of hydrogen-bond donors (Lipinski definition) is 1. The third kappa shape index (κ3) is 7.71. The van der Waals surface area contributed by atoms with Crippen LogP contribution < -0.4 is 15.7 Å². The van der Waals surface area contributed by atoms with E-state index in [4.69, 9.17) is 9.47 Å². The number of piperidine rings is 1. The second-order valence-corrected chi connectivity index (χ2v) is 11.4. The molecule has 2 aromatic carbocycles. The molecule has 0 unspecified atom stereocenters. The van der Waals surface area contributed by atoms with E-state index in [1.54, 1.807) is 11.8 Å². The SMILES string of the molecule is CCN1CC(=O)N[C@H]2CN(C(=O)CCn3c(C)cc(C)nc3=O)CC[C@@H]2OCc2cccc(c2)Oc2cccc(c2)CC1=O. The molecule has 3 heterocycles. The Morgan fingerprint density at radius 2 is 1.75 bits per heavy atom. The Hall–Kier alpha value is -4.51. The maximum atomic E-state index is 13.3. The van der Waals surface area contributed by atoms with Crippen LogP contribution in [0.2, 0.25) is 0 Å². The van der Waals surface area contributed by atoms with E-state index in [9.17, 15) is 19.2 Å². The van der Waals surface area contributed by atoms with Crippen LogP contribution in [0.1, 0.15) is 42.3 Å². The minimum Gasteiger partial charge on any atom is -0.457 e. The third-order valence-corrected chi connectivity index (χ3v) is 8.07. The van der Waals surface area contributed by atoms with Gasteiger partial charge >= 0.3 is 5.69 Å². The standard InChI is InChI=1S/C33H39N5O6/c1-4-36-20-30(39)35-28-19-37(31(40)12-14-38-23(3)15-22(2)34-33(38)42)13-11-29(28)43-21-25-8-6-10-27(17-25)44-26-9-5-7-24(16-26)18-32(36)41/h5-10,15-17,28-29H,4,11-14,18-21H2,1-3H3,(H,35,39)/t28-,29-/m0/s1. The normalized spacial score (nSPS) is 19.4. The molecule has 3 amide bonds. The Balaban J connectivity index is 1.33. The van der Waals surface area contributed by atoms with Gasteiger partial charge in [-0.1, -0.05) is 24.3 Å². The van der Waals surface area contributed by atoms with Crippen LogP contribution in [0, 0.1) is 13.8 Å². The van der Waals surface area contributed by atoms with Gasteiger partial charge in [0.2, 0.25) is 17.7 Å². The summed E-state index contributed by atoms with van der Waals surface area (Å²) in [7, 11) is 0. The number of benzene rings is 2. The maximum absolute atomic E-state index is 13.3. The molecule has 5 rings (SSSR count). The average Bonchev–Trinajstić information content (AvgIpc) is 2.98. The van der Waals surface area contributed by atoms with Crippen LogP contribution in [-0.2, 0) is 38.7 Å². The number of amides is 3. The van der Waals surface area contributed by atoms with E-state index in [0.717, 1.165) is 16.8 Å². The fourth-order valence-corrected chi connectivity index (χ4v) is 5.75. The molecular formula is C33H39N5O6. The zero-order valence-corrected chi connectivity index (χ0v) is 25.5. The number of rotatable bonds is 4. The molecule has 232 valence electrons. The summed E-state index contributed by atoms with van der Waals surface area (Å²) in [5.41, 5.74) is 2.71. The van der Waals surface area contributed by atoms with Crippen molar-refractivity contribution in [2.45, 2.75) is 65.3 Å². The lowest BCUT2D eigenvalue weighted by molar-refractivity contribution is -0.139. The lowest BCUT2D eigenvalue weighted by atomic mass is 10.0. The van der Waals surface area contributed by atoms with E-state index in [0.29, 0.717) is 43.3 Å². The van der Waals surface area contributed by atoms with Crippen LogP contribution in [0.4, 0.5) is 0 Å². The molecule has 4 bridgehead atoms. The number of hydrogen-bond acceptors (Lipinski definition) is 7. The van der Waals surface area contributed by atoms with Crippen LogP contribution in [0.5, 0.6) is 11.5 Å². The first-order chi connectivity index (χ1) is 21.2. The summed E-state index contributed by atoms with van der Waals surface area (Å²) in [6, 6.07) is 16.3. The number of aryl methyl sites for hydroxylation is 2. The molecule has 0 aliphatic carbocycles. The molecule has 2 aliphatic heterocycles. The minimum absolute atomic E-state index is 0.105. The van der Waals surface area contributed by atoms with E-state index in [-0.39, 0.29) is 62.0 Å². The Bertz CT molecular complexity index is 1590. The Morgan fingerprint density at radius 1 is 1.02 bits per heavy atom. The monoisotopic (exact) mass is 601 g/mol. The van der Waals surface area contributed by atoms with Gasteiger partial charge in [-0.2, -0.15) is 4.98 Å². The van der Waals surface area contributed by atoms with Crippen LogP contribution in [0.15, 0.2) is 59.4 Å². The van der Waals surface area contributed by atoms with Gasteiger partial charge in [0.15, 0.2) is 0 Å². The highest BCUT2D eigenvalue weighted by Crippen LogP contribution is 2.25. The molecule has 44 heavy (non-hydrogen) atoms. The summed E-state index contributed by atoms with van der Waals surface area (Å²) in [6.45, 7) is 6.91. The van der Waals surface area contributed by atoms with Crippen LogP contribution in [-0.4, -0.2) is 75.4 Å². The molecule has 11 heteroatoms. The van der Waals surface area contributed by atoms with E-state index < -0.39 is 6.04 Å². The molecule has 3 aromatic rings. The van der Waals surface area contributed by atoms with Crippen molar-refractivity contribution in [1.29, 1.82) is 0 Å². The number of carbonyl (C=O) groups excluding carboxylic acids is 3. The van der Waals surface area contributed by atoms with Gasteiger partial charge in [-0.05, 0) is 68.7 Å². The number of likely N-dealkylation sites (N-methyl/N-ethyl adjacent to an activating group) is 1. The molecule has 0 radical (unpaired) electrons. The highest BCUT2D eigenvalue weighted by molar-refractivity contribution is 5.86. The lowest BCUT2D eigenvalue weighted by Crippen LogP contribution is -2.58. The van der Waals surface area contributed by atoms with Crippen LogP contribution in [0.3, 0.4) is 0 Å². The van der Waals surface area contributed by atoms with Crippen molar-refractivity contribution in [3.63, 3.8) is 0 Å². The second-order valence-electron chi connectivity index (χ2n) is 11.4. The summed E-state index contributed by atoms with van der Waals surface area (Å²) in [5.74, 6) is 0.663. The predicted molar refractivity (Wildman–Crippen MR) is 163 cm³/mol. The van der Waals surface area contributed by atoms with Crippen LogP contribution >= 0.6 is 0 Å². The van der Waals surface area contributed by atoms with Crippen molar-refractivity contribution in [3.05, 3.63) is 87.6 Å². The number of ether oxygens (including phenoxy) is 2. The summed E-state index contributed by atoms with van der Waals surface area (Å²) < 4.78 is 13.9. The number of fused-ring (bicyclic) bond motifs is 5. The van der Waals surface area contributed by atoms with Gasteiger partial charge in [-0.15, -0.1) is 0 Å². The molecule has 1 aromatic heterocycles. The Kier molecular flexibility index (Phi) is 9.74. The second kappa shape index (κ2) is 13.9. The summed E-state index contributed by atoms with van der Waals surface area (Å²) in [6.07, 6.45) is 0.425. The fraction of sp³-hybridized carbons (Fsp3) is 0.424. The molecule has 11 nitrogen and oxygen atoms in total. The van der Waals surface area contributed by atoms with E-state index in [2.05, 4.69) is 10.3 Å². The molecule has 1 saturated heterocycles. The van der Waals surface area contributed by atoms with Crippen molar-refractivity contribution < 1.29 is 23.9 Å². The molecular weight excluding hydrogens is 562 g/mol. The first-order valence-corrected chi connectivity index (χ1v) is 15.1. The van der Waals surface area contributed by atoms with Crippen molar-refractivity contribution >= 4 is 17.7 Å². The Morgan fingerprint density at radius 3 is 2.48 bits per heavy atom. The Labute approximate surface area is 256 Å². The summed E-state index contributed by atoms with van der Waals surface area (Å²) in [4.78, 5) is 59.3. The number of nitrogens with one attached hydrogen (secondary N) is 1. The predicted octanol–water partition coefficient (Wildman–Crippen LogP) is 2.75. The van der Waals surface area contributed by atoms with Gasteiger partial charge in [0.05, 0.1) is 31.7 Å². The van der Waals surface area contributed by atoms with Gasteiger partial charge in [-0.25, -0.2) is 4.79 Å². The number of nitrogens with zero attached hydrogens (tertiary/aromatic N) is 4. The number of carbonyl (C=O) groups is 3. The maximum Gasteiger partial charge on any atom is 0.347 e. The fourth-order valence-electron chi connectivity index (χ4n) is 5.75. The quantitative estimate of drug-likeness (QED) is 0.488. The lowest BCUT2D eigenvalue weighted by Gasteiger charge is -2.39. The molecule has 0 saturated carbocycles. The average molecular weight is 602 g/mol. The minimum atomic E-state index is -0.482. The van der Waals surface area contributed by atoms with Gasteiger partial charge in [0, 0.05) is 44.0 Å². The highest BCUT2D eigenvalue weighted by Gasteiger charge is 2.34. The third-order valence-electron chi connectivity index (χ3n) is 8.07. The number of likely N-dealkylation sites (tertiary alicyclic amines) is 1. The van der Waals surface area contributed by atoms with Crippen molar-refractivity contribution in [3.8, 4) is 11.5 Å².